The first-order valence-corrected chi connectivity index (χ1v) is 7.04. The van der Waals surface area contributed by atoms with Gasteiger partial charge in [-0.2, -0.15) is 0 Å². The Morgan fingerprint density at radius 3 is 2.63 bits per heavy atom. The molecule has 0 spiro atoms. The highest BCUT2D eigenvalue weighted by molar-refractivity contribution is 5.85. The summed E-state index contributed by atoms with van der Waals surface area (Å²) in [6, 6.07) is 0. The van der Waals surface area contributed by atoms with Crippen molar-refractivity contribution >= 4 is 12.4 Å². The molecule has 3 saturated heterocycles. The number of hydrogen-bond acceptors (Lipinski definition) is 4. The minimum atomic E-state index is 0. The van der Waals surface area contributed by atoms with Crippen molar-refractivity contribution in [2.75, 3.05) is 26.2 Å². The summed E-state index contributed by atoms with van der Waals surface area (Å²) in [4.78, 5) is 11.5. The number of rotatable bonds is 4. The maximum absolute atomic E-state index is 5.76. The van der Waals surface area contributed by atoms with Crippen LogP contribution in [0.15, 0.2) is 12.4 Å². The highest BCUT2D eigenvalue weighted by Gasteiger charge is 2.37. The van der Waals surface area contributed by atoms with Crippen molar-refractivity contribution in [2.24, 2.45) is 5.92 Å². The van der Waals surface area contributed by atoms with E-state index in [-0.39, 0.29) is 12.4 Å². The number of ether oxygens (including phenoxy) is 1. The molecule has 0 amide bonds. The predicted octanol–water partition coefficient (Wildman–Crippen LogP) is 2.50. The molecule has 0 aromatic carbocycles. The lowest BCUT2D eigenvalue weighted by molar-refractivity contribution is 0.0834. The van der Waals surface area contributed by atoms with Crippen LogP contribution in [0.4, 0.5) is 0 Å². The summed E-state index contributed by atoms with van der Waals surface area (Å²) in [5.74, 6) is 2.06. The fourth-order valence-corrected chi connectivity index (χ4v) is 3.18. The first-order chi connectivity index (χ1) is 8.88. The van der Waals surface area contributed by atoms with Crippen LogP contribution in [0.2, 0.25) is 0 Å². The molecule has 0 N–H and O–H groups in total. The average molecular weight is 284 g/mol. The Morgan fingerprint density at radius 2 is 2.00 bits per heavy atom. The van der Waals surface area contributed by atoms with Gasteiger partial charge < -0.3 is 9.64 Å². The van der Waals surface area contributed by atoms with Crippen LogP contribution in [0.3, 0.4) is 0 Å². The second kappa shape index (κ2) is 6.53. The summed E-state index contributed by atoms with van der Waals surface area (Å²) in [7, 11) is 0. The molecule has 1 aromatic rings. The first kappa shape index (κ1) is 14.5. The van der Waals surface area contributed by atoms with Crippen LogP contribution in [0.25, 0.3) is 0 Å². The summed E-state index contributed by atoms with van der Waals surface area (Å²) >= 11 is 0. The van der Waals surface area contributed by atoms with Crippen LogP contribution in [0, 0.1) is 5.92 Å². The Morgan fingerprint density at radius 1 is 1.26 bits per heavy atom. The number of fused-ring (bicyclic) bond motifs is 3. The monoisotopic (exact) mass is 283 g/mol. The molecular formula is C14H22ClN3O. The molecule has 1 atom stereocenters. The van der Waals surface area contributed by atoms with Gasteiger partial charge in [-0.15, -0.1) is 12.4 Å². The second-order valence-corrected chi connectivity index (χ2v) is 5.34. The van der Waals surface area contributed by atoms with Gasteiger partial charge >= 0.3 is 0 Å². The molecule has 3 aliphatic rings. The number of halogens is 1. The van der Waals surface area contributed by atoms with Gasteiger partial charge in [0.05, 0.1) is 6.61 Å². The van der Waals surface area contributed by atoms with E-state index in [0.29, 0.717) is 5.92 Å². The minimum absolute atomic E-state index is 0. The largest absolute Gasteiger partial charge is 0.476 e. The van der Waals surface area contributed by atoms with Gasteiger partial charge in [-0.1, -0.05) is 6.92 Å². The molecule has 3 fully saturated rings. The standard InChI is InChI=1S/C14H21N3O.ClH/c1-2-9-18-14-13(15-5-6-16-14)12-10-17-7-3-11(12)4-8-17;/h5-6,11-12H,2-4,7-10H2,1H3;1H. The smallest absolute Gasteiger partial charge is 0.235 e. The quantitative estimate of drug-likeness (QED) is 0.851. The lowest BCUT2D eigenvalue weighted by Gasteiger charge is -2.44. The summed E-state index contributed by atoms with van der Waals surface area (Å²) < 4.78 is 5.76. The molecule has 0 saturated carbocycles. The SMILES string of the molecule is CCCOc1nccnc1C1CN2CCC1CC2.Cl. The normalized spacial score (nSPS) is 28.8. The van der Waals surface area contributed by atoms with Crippen molar-refractivity contribution in [2.45, 2.75) is 32.1 Å². The third-order valence-electron chi connectivity index (χ3n) is 4.14. The predicted molar refractivity (Wildman–Crippen MR) is 77.0 cm³/mol. The van der Waals surface area contributed by atoms with Crippen LogP contribution in [-0.4, -0.2) is 41.1 Å². The van der Waals surface area contributed by atoms with Crippen LogP contribution in [0.5, 0.6) is 5.88 Å². The number of hydrogen-bond donors (Lipinski definition) is 0. The lowest BCUT2D eigenvalue weighted by Crippen LogP contribution is -2.46. The van der Waals surface area contributed by atoms with Gasteiger partial charge in [-0.3, -0.25) is 4.98 Å². The van der Waals surface area contributed by atoms with E-state index in [1.54, 1.807) is 12.4 Å². The molecule has 3 aliphatic heterocycles. The third kappa shape index (κ3) is 3.00. The molecule has 0 radical (unpaired) electrons. The van der Waals surface area contributed by atoms with Crippen molar-refractivity contribution in [3.8, 4) is 5.88 Å². The summed E-state index contributed by atoms with van der Waals surface area (Å²) in [6.07, 6.45) is 7.14. The van der Waals surface area contributed by atoms with Crippen LogP contribution >= 0.6 is 12.4 Å². The van der Waals surface area contributed by atoms with Gasteiger partial charge in [0.25, 0.3) is 0 Å². The molecule has 4 nitrogen and oxygen atoms in total. The van der Waals surface area contributed by atoms with E-state index in [4.69, 9.17) is 4.74 Å². The molecular weight excluding hydrogens is 262 g/mol. The van der Waals surface area contributed by atoms with Crippen molar-refractivity contribution < 1.29 is 4.74 Å². The van der Waals surface area contributed by atoms with Crippen molar-refractivity contribution in [1.29, 1.82) is 0 Å². The zero-order valence-corrected chi connectivity index (χ0v) is 12.2. The molecule has 106 valence electrons. The maximum atomic E-state index is 5.76. The zero-order chi connectivity index (χ0) is 12.4. The zero-order valence-electron chi connectivity index (χ0n) is 11.4. The van der Waals surface area contributed by atoms with Gasteiger partial charge in [-0.25, -0.2) is 4.98 Å². The van der Waals surface area contributed by atoms with Crippen molar-refractivity contribution in [3.63, 3.8) is 0 Å². The summed E-state index contributed by atoms with van der Waals surface area (Å²) in [6.45, 7) is 6.49. The Kier molecular flexibility index (Phi) is 4.99. The van der Waals surface area contributed by atoms with Gasteiger partial charge in [-0.05, 0) is 38.3 Å². The van der Waals surface area contributed by atoms with Gasteiger partial charge in [0.2, 0.25) is 5.88 Å². The van der Waals surface area contributed by atoms with E-state index >= 15 is 0 Å². The molecule has 4 rings (SSSR count). The van der Waals surface area contributed by atoms with Crippen LogP contribution in [0.1, 0.15) is 37.8 Å². The minimum Gasteiger partial charge on any atom is -0.476 e. The molecule has 2 bridgehead atoms. The average Bonchev–Trinajstić information content (AvgIpc) is 2.46. The molecule has 1 unspecified atom stereocenters. The van der Waals surface area contributed by atoms with Gasteiger partial charge in [0, 0.05) is 24.9 Å². The Balaban J connectivity index is 0.00000133. The van der Waals surface area contributed by atoms with E-state index in [1.807, 2.05) is 0 Å². The Hall–Kier alpha value is -0.870. The van der Waals surface area contributed by atoms with E-state index in [1.165, 1.54) is 25.9 Å². The molecule has 0 aliphatic carbocycles. The number of nitrogens with zero attached hydrogens (tertiary/aromatic N) is 3. The van der Waals surface area contributed by atoms with E-state index in [2.05, 4.69) is 21.8 Å². The fourth-order valence-electron chi connectivity index (χ4n) is 3.18. The second-order valence-electron chi connectivity index (χ2n) is 5.34. The summed E-state index contributed by atoms with van der Waals surface area (Å²) in [5, 5.41) is 0. The van der Waals surface area contributed by atoms with E-state index < -0.39 is 0 Å². The third-order valence-corrected chi connectivity index (χ3v) is 4.14. The Bertz CT molecular complexity index is 407. The maximum Gasteiger partial charge on any atom is 0.235 e. The van der Waals surface area contributed by atoms with Crippen LogP contribution < -0.4 is 4.74 Å². The van der Waals surface area contributed by atoms with Gasteiger partial charge in [0.1, 0.15) is 5.69 Å². The van der Waals surface area contributed by atoms with Crippen molar-refractivity contribution in [1.82, 2.24) is 14.9 Å². The summed E-state index contributed by atoms with van der Waals surface area (Å²) in [5.41, 5.74) is 1.08. The molecule has 1 aromatic heterocycles. The molecule has 4 heterocycles. The van der Waals surface area contributed by atoms with Gasteiger partial charge in [0.15, 0.2) is 0 Å². The van der Waals surface area contributed by atoms with Crippen molar-refractivity contribution in [3.05, 3.63) is 18.1 Å². The first-order valence-electron chi connectivity index (χ1n) is 7.04. The molecule has 5 heteroatoms. The fraction of sp³-hybridized carbons (Fsp3) is 0.714. The van der Waals surface area contributed by atoms with E-state index in [9.17, 15) is 0 Å². The van der Waals surface area contributed by atoms with E-state index in [0.717, 1.165) is 37.1 Å². The number of piperidine rings is 3. The lowest BCUT2D eigenvalue weighted by atomic mass is 9.77. The highest BCUT2D eigenvalue weighted by Crippen LogP contribution is 2.40. The topological polar surface area (TPSA) is 38.3 Å². The number of aromatic nitrogens is 2. The highest BCUT2D eigenvalue weighted by atomic mass is 35.5. The molecule has 19 heavy (non-hydrogen) atoms. The Labute approximate surface area is 121 Å². The van der Waals surface area contributed by atoms with Crippen LogP contribution in [-0.2, 0) is 0 Å².